The summed E-state index contributed by atoms with van der Waals surface area (Å²) >= 11 is 0. The predicted octanol–water partition coefficient (Wildman–Crippen LogP) is 22.1. The van der Waals surface area contributed by atoms with Gasteiger partial charge in [-0.15, -0.1) is 0 Å². The molecule has 0 saturated carbocycles. The Balaban J connectivity index is 1.09. The highest BCUT2D eigenvalue weighted by atomic mass is 19.1. The Kier molecular flexibility index (Phi) is 13.9. The second-order valence-corrected chi connectivity index (χ2v) is 23.0. The van der Waals surface area contributed by atoms with Gasteiger partial charge in [-0.25, -0.2) is 17.6 Å². The van der Waals surface area contributed by atoms with Gasteiger partial charge in [0.2, 0.25) is 0 Å². The minimum absolute atomic E-state index is 0.256. The number of rotatable bonds is 11. The molecular formula is C76H60F4N2. The van der Waals surface area contributed by atoms with Crippen LogP contribution in [0.2, 0.25) is 0 Å². The fourth-order valence-corrected chi connectivity index (χ4v) is 11.7. The van der Waals surface area contributed by atoms with Crippen LogP contribution in [0, 0.1) is 23.3 Å². The van der Waals surface area contributed by atoms with Gasteiger partial charge in [0.1, 0.15) is 23.3 Å². The lowest BCUT2D eigenvalue weighted by Gasteiger charge is -2.40. The molecular weight excluding hydrogens is 1020 g/mol. The normalized spacial score (nSPS) is 11.8. The van der Waals surface area contributed by atoms with Gasteiger partial charge in [0.15, 0.2) is 0 Å². The Hall–Kier alpha value is -9.52. The third kappa shape index (κ3) is 10.2. The van der Waals surface area contributed by atoms with Gasteiger partial charge in [-0.3, -0.25) is 0 Å². The summed E-state index contributed by atoms with van der Waals surface area (Å²) in [4.78, 5) is 3.53. The molecule has 12 aromatic carbocycles. The number of fused-ring (bicyclic) bond motifs is 2. The van der Waals surface area contributed by atoms with Crippen molar-refractivity contribution in [2.45, 2.75) is 52.6 Å². The largest absolute Gasteiger partial charge is 0.331 e. The van der Waals surface area contributed by atoms with E-state index in [0.29, 0.717) is 11.1 Å². The first-order valence-electron chi connectivity index (χ1n) is 27.7. The van der Waals surface area contributed by atoms with Crippen LogP contribution in [0.25, 0.3) is 99.4 Å². The van der Waals surface area contributed by atoms with Crippen molar-refractivity contribution in [1.29, 1.82) is 0 Å². The molecule has 0 spiro atoms. The van der Waals surface area contributed by atoms with Crippen LogP contribution in [0.4, 0.5) is 40.3 Å². The molecule has 6 heteroatoms. The smallest absolute Gasteiger partial charge is 0.147 e. The summed E-state index contributed by atoms with van der Waals surface area (Å²) in [6.45, 7) is 11.8. The molecule has 0 N–H and O–H groups in total. The summed E-state index contributed by atoms with van der Waals surface area (Å²) < 4.78 is 66.8. The van der Waals surface area contributed by atoms with E-state index >= 15 is 17.6 Å². The summed E-state index contributed by atoms with van der Waals surface area (Å²) in [6, 6.07) is 82.0. The van der Waals surface area contributed by atoms with Gasteiger partial charge in [0.25, 0.3) is 0 Å². The van der Waals surface area contributed by atoms with Crippen molar-refractivity contribution in [2.24, 2.45) is 0 Å². The Morgan fingerprint density at radius 1 is 0.256 bits per heavy atom. The quantitative estimate of drug-likeness (QED) is 0.119. The number of halogens is 4. The molecule has 2 nitrogen and oxygen atoms in total. The van der Waals surface area contributed by atoms with E-state index in [-0.39, 0.29) is 22.7 Å². The van der Waals surface area contributed by atoms with E-state index in [1.807, 2.05) is 151 Å². The van der Waals surface area contributed by atoms with Gasteiger partial charge >= 0.3 is 0 Å². The van der Waals surface area contributed by atoms with Crippen molar-refractivity contribution in [2.75, 3.05) is 9.80 Å². The zero-order valence-electron chi connectivity index (χ0n) is 46.7. The molecule has 12 rings (SSSR count). The SMILES string of the molecule is CC(C)(C)N(c1ccccc1F)c1cc(-c2ccccc2)c(-c2cc(-c3ccc4ccccc4c3)cc(-c3cc(-c4cccc(-c5c(-c6ccccc6)ccc(F)c5N(c5ccccc5F)C(C)(C)C)c4)cc4ccccc34)c2)cc1F. The molecule has 0 saturated heterocycles. The zero-order valence-corrected chi connectivity index (χ0v) is 46.7. The first-order valence-corrected chi connectivity index (χ1v) is 27.7. The highest BCUT2D eigenvalue weighted by Crippen LogP contribution is 2.49. The van der Waals surface area contributed by atoms with E-state index < -0.39 is 34.3 Å². The van der Waals surface area contributed by atoms with Gasteiger partial charge in [-0.05, 0) is 220 Å². The molecule has 0 aliphatic rings. The molecule has 0 aliphatic heterocycles. The van der Waals surface area contributed by atoms with Crippen molar-refractivity contribution in [3.8, 4) is 77.9 Å². The molecule has 0 unspecified atom stereocenters. The average Bonchev–Trinajstić information content (AvgIpc) is 2.82. The van der Waals surface area contributed by atoms with Crippen LogP contribution in [0.15, 0.2) is 255 Å². The van der Waals surface area contributed by atoms with Crippen molar-refractivity contribution < 1.29 is 17.6 Å². The van der Waals surface area contributed by atoms with Gasteiger partial charge in [-0.2, -0.15) is 0 Å². The topological polar surface area (TPSA) is 6.48 Å². The van der Waals surface area contributed by atoms with Crippen LogP contribution in [-0.4, -0.2) is 11.1 Å². The third-order valence-corrected chi connectivity index (χ3v) is 15.4. The van der Waals surface area contributed by atoms with Crippen LogP contribution in [0.1, 0.15) is 41.5 Å². The van der Waals surface area contributed by atoms with Crippen molar-refractivity contribution in [3.63, 3.8) is 0 Å². The van der Waals surface area contributed by atoms with E-state index in [1.165, 1.54) is 18.2 Å². The Bertz CT molecular complexity index is 4360. The number of anilines is 4. The number of hydrogen-bond acceptors (Lipinski definition) is 2. The van der Waals surface area contributed by atoms with E-state index in [9.17, 15) is 0 Å². The number of para-hydroxylation sites is 2. The molecule has 0 atom stereocenters. The molecule has 0 fully saturated rings. The minimum atomic E-state index is -0.762. The maximum absolute atomic E-state index is 17.6. The monoisotopic (exact) mass is 1080 g/mol. The lowest BCUT2D eigenvalue weighted by molar-refractivity contribution is 0.527. The maximum Gasteiger partial charge on any atom is 0.147 e. The second kappa shape index (κ2) is 21.5. The number of nitrogens with zero attached hydrogens (tertiary/aromatic N) is 2. The van der Waals surface area contributed by atoms with Gasteiger partial charge in [0, 0.05) is 16.6 Å². The molecule has 402 valence electrons. The standard InChI is InChI=1S/C76H60F4N2/c1-75(2,3)81(70-34-19-17-32-66(70)77)72-48-65(51-25-11-8-12-26-51)64(47-69(72)80)60-44-57(54-37-36-49-22-13-14-27-52(49)40-54)43-59(45-60)63-46-58(42-55-28-15-16-31-61(55)63)53-29-21-30-56(41-53)73-62(50-23-9-7-10-24-50)38-39-68(79)74(73)82(76(4,5)6)71-35-20-18-33-67(71)78/h7-48H,1-6H3. The third-order valence-electron chi connectivity index (χ3n) is 15.4. The minimum Gasteiger partial charge on any atom is -0.331 e. The highest BCUT2D eigenvalue weighted by molar-refractivity contribution is 6.03. The van der Waals surface area contributed by atoms with Crippen LogP contribution in [-0.2, 0) is 0 Å². The Morgan fingerprint density at radius 2 is 0.732 bits per heavy atom. The van der Waals surface area contributed by atoms with Crippen molar-refractivity contribution in [1.82, 2.24) is 0 Å². The molecule has 0 radical (unpaired) electrons. The molecule has 82 heavy (non-hydrogen) atoms. The predicted molar refractivity (Wildman–Crippen MR) is 336 cm³/mol. The molecule has 0 bridgehead atoms. The average molecular weight is 1080 g/mol. The molecule has 0 aliphatic carbocycles. The Labute approximate surface area is 477 Å². The van der Waals surface area contributed by atoms with Gasteiger partial charge in [0.05, 0.1) is 22.7 Å². The second-order valence-electron chi connectivity index (χ2n) is 23.0. The molecule has 0 amide bonds. The summed E-state index contributed by atoms with van der Waals surface area (Å²) in [5, 5.41) is 4.23. The fourth-order valence-electron chi connectivity index (χ4n) is 11.7. The van der Waals surface area contributed by atoms with Gasteiger partial charge in [-0.1, -0.05) is 170 Å². The van der Waals surface area contributed by atoms with Crippen LogP contribution in [0.3, 0.4) is 0 Å². The van der Waals surface area contributed by atoms with Crippen LogP contribution in [0.5, 0.6) is 0 Å². The summed E-state index contributed by atoms with van der Waals surface area (Å²) in [7, 11) is 0. The highest BCUT2D eigenvalue weighted by Gasteiger charge is 2.33. The fraction of sp³-hybridized carbons (Fsp3) is 0.105. The van der Waals surface area contributed by atoms with Crippen LogP contribution >= 0.6 is 0 Å². The van der Waals surface area contributed by atoms with Gasteiger partial charge < -0.3 is 9.80 Å². The number of hydrogen-bond donors (Lipinski definition) is 0. The van der Waals surface area contributed by atoms with E-state index in [1.54, 1.807) is 52.3 Å². The number of benzene rings is 12. The van der Waals surface area contributed by atoms with Crippen molar-refractivity contribution >= 4 is 44.3 Å². The summed E-state index contributed by atoms with van der Waals surface area (Å²) in [5.74, 6) is -1.87. The van der Waals surface area contributed by atoms with E-state index in [4.69, 9.17) is 0 Å². The molecule has 12 aromatic rings. The summed E-state index contributed by atoms with van der Waals surface area (Å²) in [6.07, 6.45) is 0. The lowest BCUT2D eigenvalue weighted by Crippen LogP contribution is -2.39. The zero-order chi connectivity index (χ0) is 56.9. The van der Waals surface area contributed by atoms with E-state index in [2.05, 4.69) is 84.9 Å². The van der Waals surface area contributed by atoms with Crippen LogP contribution < -0.4 is 9.80 Å². The first kappa shape index (κ1) is 53.1. The van der Waals surface area contributed by atoms with Crippen molar-refractivity contribution in [3.05, 3.63) is 278 Å². The molecule has 0 heterocycles. The van der Waals surface area contributed by atoms with E-state index in [0.717, 1.165) is 88.3 Å². The first-order chi connectivity index (χ1) is 39.6. The maximum atomic E-state index is 17.6. The lowest BCUT2D eigenvalue weighted by atomic mass is 9.86. The molecule has 0 aromatic heterocycles. The summed E-state index contributed by atoms with van der Waals surface area (Å²) in [5.41, 5.74) is 11.4. The Morgan fingerprint density at radius 3 is 1.39 bits per heavy atom.